The van der Waals surface area contributed by atoms with Crippen molar-refractivity contribution in [3.05, 3.63) is 47.7 Å². The van der Waals surface area contributed by atoms with Gasteiger partial charge in [0.1, 0.15) is 5.69 Å². The summed E-state index contributed by atoms with van der Waals surface area (Å²) < 4.78 is 3.30. The predicted octanol–water partition coefficient (Wildman–Crippen LogP) is 0.721. The van der Waals surface area contributed by atoms with Gasteiger partial charge in [0.2, 0.25) is 5.91 Å². The van der Waals surface area contributed by atoms with Crippen molar-refractivity contribution < 1.29 is 9.59 Å². The molecule has 2 amide bonds. The summed E-state index contributed by atoms with van der Waals surface area (Å²) in [6.45, 7) is 2.37. The first-order valence-electron chi connectivity index (χ1n) is 8.78. The van der Waals surface area contributed by atoms with Crippen LogP contribution in [-0.4, -0.2) is 54.7 Å². The monoisotopic (exact) mass is 367 g/mol. The lowest BCUT2D eigenvalue weighted by Crippen LogP contribution is -2.33. The molecule has 1 aliphatic heterocycles. The van der Waals surface area contributed by atoms with E-state index < -0.39 is 0 Å². The highest BCUT2D eigenvalue weighted by atomic mass is 16.2. The molecule has 9 nitrogen and oxygen atoms in total. The van der Waals surface area contributed by atoms with Crippen LogP contribution in [-0.2, 0) is 11.8 Å². The molecule has 0 aromatic carbocycles. The molecule has 1 N–H and O–H groups in total. The van der Waals surface area contributed by atoms with Crippen LogP contribution in [0.3, 0.4) is 0 Å². The molecule has 3 aromatic heterocycles. The van der Waals surface area contributed by atoms with E-state index >= 15 is 0 Å². The lowest BCUT2D eigenvalue weighted by atomic mass is 9.94. The van der Waals surface area contributed by atoms with Crippen LogP contribution in [0, 0.1) is 12.8 Å². The molecule has 1 saturated heterocycles. The number of nitrogens with one attached hydrogen (secondary N) is 1. The molecule has 1 fully saturated rings. The van der Waals surface area contributed by atoms with E-state index in [-0.39, 0.29) is 23.8 Å². The maximum Gasteiger partial charge on any atom is 0.270 e. The van der Waals surface area contributed by atoms with Crippen LogP contribution in [0.25, 0.3) is 5.65 Å². The Hall–Kier alpha value is -3.23. The van der Waals surface area contributed by atoms with Gasteiger partial charge in [0, 0.05) is 56.5 Å². The van der Waals surface area contributed by atoms with Crippen LogP contribution in [0.15, 0.2) is 30.7 Å². The van der Waals surface area contributed by atoms with Crippen molar-refractivity contribution in [2.24, 2.45) is 13.0 Å². The van der Waals surface area contributed by atoms with Gasteiger partial charge < -0.3 is 10.2 Å². The van der Waals surface area contributed by atoms with Crippen molar-refractivity contribution in [1.29, 1.82) is 0 Å². The zero-order valence-electron chi connectivity index (χ0n) is 15.5. The third-order valence-corrected chi connectivity index (χ3v) is 5.33. The number of carbonyl (C=O) groups excluding carboxylic acids is 2. The van der Waals surface area contributed by atoms with Gasteiger partial charge in [-0.05, 0) is 13.0 Å². The summed E-state index contributed by atoms with van der Waals surface area (Å²) in [6, 6.07) is 3.26. The van der Waals surface area contributed by atoms with E-state index in [1.54, 1.807) is 47.4 Å². The second-order valence-corrected chi connectivity index (χ2v) is 6.86. The number of hydrogen-bond acceptors (Lipinski definition) is 5. The number of carbonyl (C=O) groups is 2. The molecule has 1 aliphatic rings. The van der Waals surface area contributed by atoms with Crippen molar-refractivity contribution in [2.75, 3.05) is 13.6 Å². The second-order valence-electron chi connectivity index (χ2n) is 6.86. The minimum atomic E-state index is -0.241. The summed E-state index contributed by atoms with van der Waals surface area (Å²) in [6.07, 6.45) is 5.38. The van der Waals surface area contributed by atoms with Gasteiger partial charge in [-0.15, -0.1) is 0 Å². The smallest absolute Gasteiger partial charge is 0.270 e. The lowest BCUT2D eigenvalue weighted by molar-refractivity contribution is -0.127. The van der Waals surface area contributed by atoms with Crippen LogP contribution in [0.2, 0.25) is 0 Å². The third kappa shape index (κ3) is 2.84. The van der Waals surface area contributed by atoms with Crippen LogP contribution in [0.5, 0.6) is 0 Å². The van der Waals surface area contributed by atoms with Crippen molar-refractivity contribution >= 4 is 17.5 Å². The maximum atomic E-state index is 12.7. The number of amides is 2. The normalized spacial score (nSPS) is 19.8. The highest BCUT2D eigenvalue weighted by Gasteiger charge is 2.40. The van der Waals surface area contributed by atoms with Crippen molar-refractivity contribution in [3.63, 3.8) is 0 Å². The van der Waals surface area contributed by atoms with E-state index in [2.05, 4.69) is 20.5 Å². The zero-order chi connectivity index (χ0) is 19.1. The molecule has 0 saturated carbocycles. The Morgan fingerprint density at radius 1 is 1.26 bits per heavy atom. The quantitative estimate of drug-likeness (QED) is 0.733. The molecule has 0 radical (unpaired) electrons. The van der Waals surface area contributed by atoms with Gasteiger partial charge in [0.05, 0.1) is 18.4 Å². The first kappa shape index (κ1) is 17.2. The fourth-order valence-corrected chi connectivity index (χ4v) is 3.72. The molecule has 0 bridgehead atoms. The van der Waals surface area contributed by atoms with E-state index in [0.29, 0.717) is 24.3 Å². The maximum absolute atomic E-state index is 12.7. The van der Waals surface area contributed by atoms with Crippen LogP contribution >= 0.6 is 0 Å². The molecular formula is C18H21N7O2. The lowest BCUT2D eigenvalue weighted by Gasteiger charge is -2.25. The van der Waals surface area contributed by atoms with E-state index in [1.807, 2.05) is 14.0 Å². The largest absolute Gasteiger partial charge is 0.350 e. The van der Waals surface area contributed by atoms with Crippen molar-refractivity contribution in [1.82, 2.24) is 34.6 Å². The summed E-state index contributed by atoms with van der Waals surface area (Å²) in [5.74, 6) is -0.195. The number of rotatable bonds is 4. The van der Waals surface area contributed by atoms with Gasteiger partial charge in [-0.25, -0.2) is 9.50 Å². The predicted molar refractivity (Wildman–Crippen MR) is 96.9 cm³/mol. The number of hydrogen-bond donors (Lipinski definition) is 1. The van der Waals surface area contributed by atoms with Gasteiger partial charge in [0.15, 0.2) is 5.65 Å². The van der Waals surface area contributed by atoms with Gasteiger partial charge in [0.25, 0.3) is 5.91 Å². The molecule has 0 spiro atoms. The average molecular weight is 367 g/mol. The summed E-state index contributed by atoms with van der Waals surface area (Å²) >= 11 is 0. The fraction of sp³-hybridized carbons (Fsp3) is 0.389. The van der Waals surface area contributed by atoms with E-state index in [4.69, 9.17) is 0 Å². The number of nitrogens with zero attached hydrogens (tertiary/aromatic N) is 6. The first-order valence-corrected chi connectivity index (χ1v) is 8.78. The minimum absolute atomic E-state index is 0.0238. The number of fused-ring (bicyclic) bond motifs is 1. The van der Waals surface area contributed by atoms with Crippen LogP contribution in [0.4, 0.5) is 0 Å². The summed E-state index contributed by atoms with van der Waals surface area (Å²) in [5, 5.41) is 11.4. The Bertz CT molecular complexity index is 1020. The SMILES string of the molecule is Cc1c([C@@H]2[C@@H](CNC(=O)c3ccnc4ccnn34)CC(=O)N2C)cnn1C. The Morgan fingerprint density at radius 2 is 2.07 bits per heavy atom. The summed E-state index contributed by atoms with van der Waals surface area (Å²) in [7, 11) is 3.68. The number of likely N-dealkylation sites (tertiary alicyclic amines) is 1. The molecule has 0 aliphatic carbocycles. The number of aromatic nitrogens is 5. The Labute approximate surface area is 156 Å². The van der Waals surface area contributed by atoms with Crippen molar-refractivity contribution in [3.8, 4) is 0 Å². The molecule has 27 heavy (non-hydrogen) atoms. The molecule has 4 rings (SSSR count). The number of aryl methyl sites for hydroxylation is 1. The van der Waals surface area contributed by atoms with Crippen LogP contribution in [0.1, 0.15) is 34.2 Å². The Kier molecular flexibility index (Phi) is 4.14. The highest BCUT2D eigenvalue weighted by molar-refractivity contribution is 5.93. The summed E-state index contributed by atoms with van der Waals surface area (Å²) in [4.78, 5) is 30.9. The van der Waals surface area contributed by atoms with Gasteiger partial charge in [-0.3, -0.25) is 14.3 Å². The molecular weight excluding hydrogens is 346 g/mol. The molecule has 2 atom stereocenters. The second kappa shape index (κ2) is 6.49. The molecule has 9 heteroatoms. The Balaban J connectivity index is 1.54. The fourth-order valence-electron chi connectivity index (χ4n) is 3.72. The summed E-state index contributed by atoms with van der Waals surface area (Å²) in [5.41, 5.74) is 3.06. The van der Waals surface area contributed by atoms with Gasteiger partial charge >= 0.3 is 0 Å². The molecule has 0 unspecified atom stereocenters. The van der Waals surface area contributed by atoms with Crippen molar-refractivity contribution in [2.45, 2.75) is 19.4 Å². The Morgan fingerprint density at radius 3 is 2.81 bits per heavy atom. The molecule has 3 aromatic rings. The topological polar surface area (TPSA) is 97.4 Å². The third-order valence-electron chi connectivity index (χ3n) is 5.33. The van der Waals surface area contributed by atoms with Gasteiger partial charge in [-0.1, -0.05) is 0 Å². The molecule has 4 heterocycles. The van der Waals surface area contributed by atoms with E-state index in [0.717, 1.165) is 11.3 Å². The average Bonchev–Trinajstić information content (AvgIpc) is 3.33. The standard InChI is InChI=1S/C18H21N7O2/c1-11-13(10-22-24(11)3)17-12(8-16(26)23(17)2)9-20-18(27)14-4-6-19-15-5-7-21-25(14)15/h4-7,10,12,17H,8-9H2,1-3H3,(H,20,27)/t12-,17+/m1/s1. The first-order chi connectivity index (χ1) is 13.0. The van der Waals surface area contributed by atoms with E-state index in [1.165, 1.54) is 4.52 Å². The molecule has 140 valence electrons. The van der Waals surface area contributed by atoms with Gasteiger partial charge in [-0.2, -0.15) is 10.2 Å². The minimum Gasteiger partial charge on any atom is -0.350 e. The van der Waals surface area contributed by atoms with Crippen LogP contribution < -0.4 is 5.32 Å². The zero-order valence-corrected chi connectivity index (χ0v) is 15.5. The van der Waals surface area contributed by atoms with E-state index in [9.17, 15) is 9.59 Å². The highest BCUT2D eigenvalue weighted by Crippen LogP contribution is 2.37.